The lowest BCUT2D eigenvalue weighted by Crippen LogP contribution is -2.64. The molecule has 0 unspecified atom stereocenters. The van der Waals surface area contributed by atoms with Crippen LogP contribution in [0.15, 0.2) is 24.3 Å². The summed E-state index contributed by atoms with van der Waals surface area (Å²) in [5, 5.41) is 0. The fraction of sp³-hybridized carbons (Fsp3) is 0.600. The lowest BCUT2D eigenvalue weighted by atomic mass is 9.77. The predicted molar refractivity (Wildman–Crippen MR) is 94.9 cm³/mol. The average Bonchev–Trinajstić information content (AvgIpc) is 2.44. The summed E-state index contributed by atoms with van der Waals surface area (Å²) in [6.45, 7) is 12.0. The maximum atomic E-state index is 13.1. The van der Waals surface area contributed by atoms with Gasteiger partial charge in [-0.3, -0.25) is 9.59 Å². The lowest BCUT2D eigenvalue weighted by Gasteiger charge is -2.54. The van der Waals surface area contributed by atoms with Crippen LogP contribution in [0.25, 0.3) is 0 Å². The van der Waals surface area contributed by atoms with Gasteiger partial charge in [0.1, 0.15) is 6.10 Å². The monoisotopic (exact) mass is 331 g/mol. The van der Waals surface area contributed by atoms with Crippen molar-refractivity contribution >= 4 is 11.9 Å². The van der Waals surface area contributed by atoms with Crippen molar-refractivity contribution in [3.8, 4) is 0 Å². The fourth-order valence-corrected chi connectivity index (χ4v) is 3.92. The highest BCUT2D eigenvalue weighted by Crippen LogP contribution is 2.40. The number of esters is 1. The van der Waals surface area contributed by atoms with Gasteiger partial charge in [0.05, 0.1) is 0 Å². The number of ether oxygens (including phenoxy) is 1. The summed E-state index contributed by atoms with van der Waals surface area (Å²) in [5.41, 5.74) is 1.06. The number of amides is 1. The molecule has 0 aliphatic carbocycles. The number of piperidine rings is 1. The van der Waals surface area contributed by atoms with Gasteiger partial charge in [-0.05, 0) is 46.8 Å². The number of carbonyl (C=O) groups is 2. The largest absolute Gasteiger partial charge is 0.462 e. The molecule has 132 valence electrons. The Morgan fingerprint density at radius 1 is 1.08 bits per heavy atom. The van der Waals surface area contributed by atoms with E-state index in [-0.39, 0.29) is 29.1 Å². The van der Waals surface area contributed by atoms with Gasteiger partial charge in [-0.2, -0.15) is 0 Å². The van der Waals surface area contributed by atoms with E-state index < -0.39 is 0 Å². The molecule has 2 rings (SSSR count). The molecule has 1 fully saturated rings. The standard InChI is InChI=1S/C20H29NO3/c1-7-17(22)24-16-12-19(3,4)21(20(5,6)13-16)18(23)15-10-8-14(2)9-11-15/h8-11,16H,7,12-13H2,1-6H3. The van der Waals surface area contributed by atoms with E-state index in [2.05, 4.69) is 0 Å². The third-order valence-corrected chi connectivity index (χ3v) is 4.75. The maximum absolute atomic E-state index is 13.1. The topological polar surface area (TPSA) is 46.6 Å². The fourth-order valence-electron chi connectivity index (χ4n) is 3.92. The predicted octanol–water partition coefficient (Wildman–Crippen LogP) is 4.11. The highest BCUT2D eigenvalue weighted by molar-refractivity contribution is 5.95. The molecule has 1 saturated heterocycles. The van der Waals surface area contributed by atoms with E-state index in [1.807, 2.05) is 63.8 Å². The summed E-state index contributed by atoms with van der Waals surface area (Å²) in [5.74, 6) is -0.143. The van der Waals surface area contributed by atoms with Gasteiger partial charge in [-0.15, -0.1) is 0 Å². The number of rotatable bonds is 3. The van der Waals surface area contributed by atoms with Gasteiger partial charge >= 0.3 is 5.97 Å². The van der Waals surface area contributed by atoms with Crippen molar-refractivity contribution in [2.75, 3.05) is 0 Å². The number of hydrogen-bond acceptors (Lipinski definition) is 3. The van der Waals surface area contributed by atoms with Gasteiger partial charge in [-0.25, -0.2) is 0 Å². The Hall–Kier alpha value is -1.84. The van der Waals surface area contributed by atoms with E-state index in [1.165, 1.54) is 0 Å². The molecule has 0 spiro atoms. The van der Waals surface area contributed by atoms with Crippen LogP contribution in [0.2, 0.25) is 0 Å². The van der Waals surface area contributed by atoms with Crippen molar-refractivity contribution in [3.05, 3.63) is 35.4 Å². The number of carbonyl (C=O) groups excluding carboxylic acids is 2. The minimum atomic E-state index is -0.387. The smallest absolute Gasteiger partial charge is 0.305 e. The molecule has 4 heteroatoms. The van der Waals surface area contributed by atoms with Crippen molar-refractivity contribution in [1.82, 2.24) is 4.90 Å². The number of hydrogen-bond donors (Lipinski definition) is 0. The van der Waals surface area contributed by atoms with Crippen molar-refractivity contribution < 1.29 is 14.3 Å². The Bertz CT molecular complexity index is 598. The molecule has 0 bridgehead atoms. The highest BCUT2D eigenvalue weighted by Gasteiger charge is 2.49. The third kappa shape index (κ3) is 3.80. The molecule has 1 aromatic carbocycles. The summed E-state index contributed by atoms with van der Waals surface area (Å²) in [6.07, 6.45) is 1.53. The van der Waals surface area contributed by atoms with E-state index in [4.69, 9.17) is 4.74 Å². The molecule has 1 amide bonds. The van der Waals surface area contributed by atoms with Gasteiger partial charge in [0, 0.05) is 35.9 Å². The molecule has 0 saturated carbocycles. The zero-order valence-electron chi connectivity index (χ0n) is 15.7. The van der Waals surface area contributed by atoms with Crippen LogP contribution in [0.1, 0.15) is 69.8 Å². The average molecular weight is 331 g/mol. The zero-order valence-corrected chi connectivity index (χ0v) is 15.7. The molecule has 0 aromatic heterocycles. The van der Waals surface area contributed by atoms with Crippen molar-refractivity contribution in [2.45, 2.75) is 78.0 Å². The molecule has 4 nitrogen and oxygen atoms in total. The Morgan fingerprint density at radius 2 is 1.58 bits per heavy atom. The molecular formula is C20H29NO3. The number of nitrogens with zero attached hydrogens (tertiary/aromatic N) is 1. The second-order valence-corrected chi connectivity index (χ2v) is 8.01. The Balaban J connectivity index is 2.28. The zero-order chi connectivity index (χ0) is 18.1. The van der Waals surface area contributed by atoms with E-state index in [0.29, 0.717) is 24.8 Å². The van der Waals surface area contributed by atoms with Gasteiger partial charge in [0.15, 0.2) is 0 Å². The normalized spacial score (nSPS) is 19.8. The van der Waals surface area contributed by atoms with Crippen LogP contribution in [0.4, 0.5) is 0 Å². The van der Waals surface area contributed by atoms with Crippen LogP contribution in [0.5, 0.6) is 0 Å². The Kier molecular flexibility index (Phi) is 5.07. The van der Waals surface area contributed by atoms with Crippen LogP contribution >= 0.6 is 0 Å². The molecule has 0 atom stereocenters. The number of benzene rings is 1. The molecule has 24 heavy (non-hydrogen) atoms. The molecular weight excluding hydrogens is 302 g/mol. The van der Waals surface area contributed by atoms with Gasteiger partial charge in [0.25, 0.3) is 5.91 Å². The first kappa shape index (κ1) is 18.5. The summed E-state index contributed by atoms with van der Waals surface area (Å²) in [6, 6.07) is 7.69. The second kappa shape index (κ2) is 6.58. The molecule has 1 aromatic rings. The summed E-state index contributed by atoms with van der Waals surface area (Å²) >= 11 is 0. The van der Waals surface area contributed by atoms with Crippen LogP contribution < -0.4 is 0 Å². The third-order valence-electron chi connectivity index (χ3n) is 4.75. The second-order valence-electron chi connectivity index (χ2n) is 8.01. The summed E-state index contributed by atoms with van der Waals surface area (Å²) in [7, 11) is 0. The molecule has 0 radical (unpaired) electrons. The molecule has 1 aliphatic heterocycles. The van der Waals surface area contributed by atoms with Crippen LogP contribution in [-0.4, -0.2) is 34.0 Å². The van der Waals surface area contributed by atoms with Crippen molar-refractivity contribution in [1.29, 1.82) is 0 Å². The lowest BCUT2D eigenvalue weighted by molar-refractivity contribution is -0.157. The SMILES string of the molecule is CCC(=O)OC1CC(C)(C)N(C(=O)c2ccc(C)cc2)C(C)(C)C1. The first-order valence-corrected chi connectivity index (χ1v) is 8.67. The molecule has 1 heterocycles. The van der Waals surface area contributed by atoms with Crippen LogP contribution in [0, 0.1) is 6.92 Å². The minimum Gasteiger partial charge on any atom is -0.462 e. The van der Waals surface area contributed by atoms with Gasteiger partial charge in [0.2, 0.25) is 0 Å². The molecule has 1 aliphatic rings. The number of likely N-dealkylation sites (tertiary alicyclic amines) is 1. The maximum Gasteiger partial charge on any atom is 0.305 e. The minimum absolute atomic E-state index is 0.0327. The molecule has 0 N–H and O–H groups in total. The van der Waals surface area contributed by atoms with Crippen LogP contribution in [0.3, 0.4) is 0 Å². The van der Waals surface area contributed by atoms with Crippen LogP contribution in [-0.2, 0) is 9.53 Å². The first-order chi connectivity index (χ1) is 11.1. The Morgan fingerprint density at radius 3 is 2.04 bits per heavy atom. The van der Waals surface area contributed by atoms with Gasteiger partial charge in [-0.1, -0.05) is 24.6 Å². The van der Waals surface area contributed by atoms with E-state index in [9.17, 15) is 9.59 Å². The summed E-state index contributed by atoms with van der Waals surface area (Å²) < 4.78 is 5.58. The van der Waals surface area contributed by atoms with E-state index in [0.717, 1.165) is 5.56 Å². The quantitative estimate of drug-likeness (QED) is 0.783. The number of aryl methyl sites for hydroxylation is 1. The van der Waals surface area contributed by atoms with E-state index in [1.54, 1.807) is 6.92 Å². The van der Waals surface area contributed by atoms with E-state index >= 15 is 0 Å². The first-order valence-electron chi connectivity index (χ1n) is 8.67. The summed E-state index contributed by atoms with van der Waals surface area (Å²) in [4.78, 5) is 26.8. The van der Waals surface area contributed by atoms with Gasteiger partial charge < -0.3 is 9.64 Å². The Labute approximate surface area is 145 Å². The van der Waals surface area contributed by atoms with Crippen molar-refractivity contribution in [3.63, 3.8) is 0 Å². The van der Waals surface area contributed by atoms with Crippen molar-refractivity contribution in [2.24, 2.45) is 0 Å². The highest BCUT2D eigenvalue weighted by atomic mass is 16.5.